The quantitative estimate of drug-likeness (QED) is 0.287. The Balaban J connectivity index is 1.54. The fraction of sp³-hybridized carbons (Fsp3) is 0.103. The molecule has 8 heteroatoms. The summed E-state index contributed by atoms with van der Waals surface area (Å²) in [6.45, 7) is 0. The van der Waals surface area contributed by atoms with Crippen molar-refractivity contribution in [3.05, 3.63) is 89.6 Å². The Morgan fingerprint density at radius 3 is 2.16 bits per heavy atom. The minimum Gasteiger partial charge on any atom is -0.497 e. The summed E-state index contributed by atoms with van der Waals surface area (Å²) in [6, 6.07) is 23.9. The van der Waals surface area contributed by atoms with E-state index in [9.17, 15) is 14.9 Å². The van der Waals surface area contributed by atoms with Gasteiger partial charge in [-0.1, -0.05) is 48.2 Å². The van der Waals surface area contributed by atoms with Gasteiger partial charge in [-0.25, -0.2) is 4.98 Å². The largest absolute Gasteiger partial charge is 0.497 e. The van der Waals surface area contributed by atoms with Crippen LogP contribution in [0.3, 0.4) is 0 Å². The van der Waals surface area contributed by atoms with E-state index in [1.807, 2.05) is 24.3 Å². The Morgan fingerprint density at radius 1 is 0.919 bits per heavy atom. The van der Waals surface area contributed by atoms with E-state index in [4.69, 9.17) is 9.47 Å². The van der Waals surface area contributed by atoms with Gasteiger partial charge in [0, 0.05) is 22.4 Å². The second-order valence-corrected chi connectivity index (χ2v) is 9.13. The molecule has 1 aliphatic carbocycles. The molecule has 3 aromatic carbocycles. The van der Waals surface area contributed by atoms with Crippen LogP contribution in [-0.2, 0) is 4.79 Å². The van der Waals surface area contributed by atoms with Crippen molar-refractivity contribution in [2.75, 3.05) is 25.3 Å². The first kappa shape index (κ1) is 24.1. The number of benzene rings is 3. The summed E-state index contributed by atoms with van der Waals surface area (Å²) < 4.78 is 10.4. The van der Waals surface area contributed by atoms with Crippen LogP contribution in [0.15, 0.2) is 77.8 Å². The van der Waals surface area contributed by atoms with E-state index in [0.29, 0.717) is 44.5 Å². The van der Waals surface area contributed by atoms with Gasteiger partial charge in [0.1, 0.15) is 28.3 Å². The second-order valence-electron chi connectivity index (χ2n) is 8.17. The predicted molar refractivity (Wildman–Crippen MR) is 142 cm³/mol. The zero-order valence-electron chi connectivity index (χ0n) is 20.1. The molecule has 0 unspecified atom stereocenters. The number of rotatable bonds is 7. The number of anilines is 1. The van der Waals surface area contributed by atoms with Crippen LogP contribution < -0.4 is 14.8 Å². The number of ketones is 1. The first-order chi connectivity index (χ1) is 18.0. The van der Waals surface area contributed by atoms with Gasteiger partial charge in [-0.3, -0.25) is 9.59 Å². The number of carbonyl (C=O) groups is 2. The molecule has 1 aliphatic rings. The normalized spacial score (nSPS) is 11.3. The van der Waals surface area contributed by atoms with Crippen LogP contribution in [0.25, 0.3) is 22.3 Å². The summed E-state index contributed by atoms with van der Waals surface area (Å²) >= 11 is 1.12. The van der Waals surface area contributed by atoms with Crippen molar-refractivity contribution in [3.63, 3.8) is 0 Å². The molecule has 1 aromatic heterocycles. The number of hydrogen-bond acceptors (Lipinski definition) is 7. The number of pyridine rings is 1. The number of nitriles is 1. The lowest BCUT2D eigenvalue weighted by molar-refractivity contribution is -0.113. The maximum atomic E-state index is 13.3. The second kappa shape index (κ2) is 10.2. The topological polar surface area (TPSA) is 101 Å². The maximum absolute atomic E-state index is 13.3. The SMILES string of the molecule is COc1ccc(NC(=O)CSc2nc3c(c(-c4ccc(OC)cc4)c2C#N)-c2ccccc2C3=O)cc1. The van der Waals surface area contributed by atoms with Gasteiger partial charge in [0.25, 0.3) is 0 Å². The van der Waals surface area contributed by atoms with Gasteiger partial charge in [0.05, 0.1) is 25.5 Å². The van der Waals surface area contributed by atoms with Crippen LogP contribution >= 0.6 is 11.8 Å². The molecule has 37 heavy (non-hydrogen) atoms. The Labute approximate surface area is 218 Å². The van der Waals surface area contributed by atoms with Crippen LogP contribution in [-0.4, -0.2) is 36.6 Å². The summed E-state index contributed by atoms with van der Waals surface area (Å²) in [5, 5.41) is 13.4. The fourth-order valence-electron chi connectivity index (χ4n) is 4.28. The van der Waals surface area contributed by atoms with Gasteiger partial charge < -0.3 is 14.8 Å². The number of amides is 1. The zero-order chi connectivity index (χ0) is 25.9. The molecule has 0 fully saturated rings. The maximum Gasteiger partial charge on any atom is 0.234 e. The molecule has 0 radical (unpaired) electrons. The summed E-state index contributed by atoms with van der Waals surface area (Å²) in [7, 11) is 3.16. The Kier molecular flexibility index (Phi) is 6.62. The molecular weight excluding hydrogens is 486 g/mol. The van der Waals surface area contributed by atoms with Crippen molar-refractivity contribution in [1.29, 1.82) is 5.26 Å². The summed E-state index contributed by atoms with van der Waals surface area (Å²) in [5.41, 5.74) is 4.51. The summed E-state index contributed by atoms with van der Waals surface area (Å²) in [4.78, 5) is 30.6. The van der Waals surface area contributed by atoms with Crippen molar-refractivity contribution in [3.8, 4) is 39.8 Å². The number of thioether (sulfide) groups is 1. The number of hydrogen-bond donors (Lipinski definition) is 1. The number of ether oxygens (including phenoxy) is 2. The number of fused-ring (bicyclic) bond motifs is 3. The molecule has 1 amide bonds. The molecule has 0 spiro atoms. The molecule has 0 atom stereocenters. The average Bonchev–Trinajstić information content (AvgIpc) is 3.23. The van der Waals surface area contributed by atoms with Crippen molar-refractivity contribution in [2.45, 2.75) is 5.03 Å². The van der Waals surface area contributed by atoms with Gasteiger partial charge in [0.2, 0.25) is 11.7 Å². The first-order valence-electron chi connectivity index (χ1n) is 11.4. The smallest absolute Gasteiger partial charge is 0.234 e. The zero-order valence-corrected chi connectivity index (χ0v) is 20.9. The standard InChI is InChI=1S/C29H21N3O4S/c1-35-19-11-7-17(8-12-19)25-23(15-30)29(32-27-26(25)21-5-3-4-6-22(21)28(27)34)37-16-24(33)31-18-9-13-20(36-2)14-10-18/h3-14H,16H2,1-2H3,(H,31,33). The van der Waals surface area contributed by atoms with Crippen LogP contribution in [0.2, 0.25) is 0 Å². The van der Waals surface area contributed by atoms with Crippen molar-refractivity contribution in [2.24, 2.45) is 0 Å². The lowest BCUT2D eigenvalue weighted by Gasteiger charge is -2.15. The molecule has 5 rings (SSSR count). The van der Waals surface area contributed by atoms with E-state index in [1.54, 1.807) is 62.8 Å². The lowest BCUT2D eigenvalue weighted by Crippen LogP contribution is -2.14. The van der Waals surface area contributed by atoms with Crippen molar-refractivity contribution >= 4 is 29.1 Å². The molecule has 7 nitrogen and oxygen atoms in total. The fourth-order valence-corrected chi connectivity index (χ4v) is 5.06. The minimum atomic E-state index is -0.262. The number of aromatic nitrogens is 1. The molecular formula is C29H21N3O4S. The number of carbonyl (C=O) groups excluding carboxylic acids is 2. The van der Waals surface area contributed by atoms with Crippen molar-refractivity contribution < 1.29 is 19.1 Å². The molecule has 182 valence electrons. The van der Waals surface area contributed by atoms with Gasteiger partial charge in [-0.2, -0.15) is 5.26 Å². The monoisotopic (exact) mass is 507 g/mol. The highest BCUT2D eigenvalue weighted by Crippen LogP contribution is 2.46. The molecule has 0 saturated heterocycles. The first-order valence-corrected chi connectivity index (χ1v) is 12.4. The molecule has 0 saturated carbocycles. The van der Waals surface area contributed by atoms with E-state index in [0.717, 1.165) is 22.9 Å². The van der Waals surface area contributed by atoms with E-state index in [1.165, 1.54) is 0 Å². The molecule has 4 aromatic rings. The lowest BCUT2D eigenvalue weighted by atomic mass is 9.93. The summed E-state index contributed by atoms with van der Waals surface area (Å²) in [5.74, 6) is 0.908. The van der Waals surface area contributed by atoms with Gasteiger partial charge in [-0.15, -0.1) is 0 Å². The van der Waals surface area contributed by atoms with E-state index in [-0.39, 0.29) is 23.1 Å². The van der Waals surface area contributed by atoms with E-state index in [2.05, 4.69) is 16.4 Å². The van der Waals surface area contributed by atoms with E-state index >= 15 is 0 Å². The minimum absolute atomic E-state index is 0.00961. The highest BCUT2D eigenvalue weighted by Gasteiger charge is 2.34. The third-order valence-corrected chi connectivity index (χ3v) is 7.00. The highest BCUT2D eigenvalue weighted by molar-refractivity contribution is 8.00. The van der Waals surface area contributed by atoms with Crippen LogP contribution in [0.1, 0.15) is 21.6 Å². The number of nitrogens with one attached hydrogen (secondary N) is 1. The molecule has 1 N–H and O–H groups in total. The van der Waals surface area contributed by atoms with Gasteiger partial charge in [0.15, 0.2) is 0 Å². The van der Waals surface area contributed by atoms with Crippen LogP contribution in [0.5, 0.6) is 11.5 Å². The van der Waals surface area contributed by atoms with Crippen LogP contribution in [0, 0.1) is 11.3 Å². The van der Waals surface area contributed by atoms with Crippen LogP contribution in [0.4, 0.5) is 5.69 Å². The Hall–Kier alpha value is -4.61. The van der Waals surface area contributed by atoms with Gasteiger partial charge >= 0.3 is 0 Å². The van der Waals surface area contributed by atoms with Gasteiger partial charge in [-0.05, 0) is 47.5 Å². The predicted octanol–water partition coefficient (Wildman–Crippen LogP) is 5.58. The Morgan fingerprint density at radius 2 is 1.54 bits per heavy atom. The van der Waals surface area contributed by atoms with E-state index < -0.39 is 0 Å². The molecule has 1 heterocycles. The third-order valence-electron chi connectivity index (χ3n) is 6.02. The Bertz CT molecular complexity index is 1560. The van der Waals surface area contributed by atoms with Crippen molar-refractivity contribution in [1.82, 2.24) is 4.98 Å². The molecule has 0 bridgehead atoms. The highest BCUT2D eigenvalue weighted by atomic mass is 32.2. The molecule has 0 aliphatic heterocycles. The number of nitrogens with zero attached hydrogens (tertiary/aromatic N) is 2. The third kappa shape index (κ3) is 4.53. The summed E-state index contributed by atoms with van der Waals surface area (Å²) in [6.07, 6.45) is 0. The average molecular weight is 508 g/mol. The number of methoxy groups -OCH3 is 2.